The number of fused-ring (bicyclic) bond motifs is 4. The molecule has 3 aromatic rings. The number of nitriles is 2. The fourth-order valence-electron chi connectivity index (χ4n) is 6.62. The maximum atomic E-state index is 13.4. The van der Waals surface area contributed by atoms with Crippen molar-refractivity contribution in [1.29, 1.82) is 10.5 Å². The average molecular weight is 485 g/mol. The van der Waals surface area contributed by atoms with E-state index in [0.717, 1.165) is 19.3 Å². The molecule has 0 radical (unpaired) electrons. The van der Waals surface area contributed by atoms with Gasteiger partial charge in [-0.1, -0.05) is 51.1 Å². The molecule has 6 nitrogen and oxygen atoms in total. The molecule has 2 saturated carbocycles. The van der Waals surface area contributed by atoms with Gasteiger partial charge in [0, 0.05) is 16.5 Å². The molecule has 0 heterocycles. The third-order valence-corrected chi connectivity index (χ3v) is 9.17. The first kappa shape index (κ1) is 24.2. The predicted octanol–water partition coefficient (Wildman–Crippen LogP) is 6.66. The Morgan fingerprint density at radius 3 is 1.97 bits per heavy atom. The van der Waals surface area contributed by atoms with Crippen LogP contribution in [0, 0.1) is 39.4 Å². The van der Waals surface area contributed by atoms with Crippen LogP contribution in [0.3, 0.4) is 0 Å². The number of carbonyl (C=O) groups excluding carboxylic acids is 1. The molecule has 0 aliphatic heterocycles. The Morgan fingerprint density at radius 1 is 0.919 bits per heavy atom. The van der Waals surface area contributed by atoms with Crippen LogP contribution in [0.5, 0.6) is 0 Å². The maximum absolute atomic E-state index is 13.4. The van der Waals surface area contributed by atoms with Crippen molar-refractivity contribution in [2.24, 2.45) is 16.7 Å². The summed E-state index contributed by atoms with van der Waals surface area (Å²) in [5.74, 6) is 3.99. The second-order valence-electron chi connectivity index (χ2n) is 10.8. The minimum atomic E-state index is -0.461. The van der Waals surface area contributed by atoms with Crippen LogP contribution >= 0.6 is 0 Å². The molecule has 37 heavy (non-hydrogen) atoms. The van der Waals surface area contributed by atoms with Crippen LogP contribution in [0.25, 0.3) is 43.5 Å². The molecule has 2 aliphatic rings. The number of carbonyl (C=O) groups is 1. The van der Waals surface area contributed by atoms with Crippen molar-refractivity contribution in [2.45, 2.75) is 46.1 Å². The number of hydrogen-bond donors (Lipinski definition) is 0. The van der Waals surface area contributed by atoms with E-state index in [9.17, 15) is 26.1 Å². The lowest BCUT2D eigenvalue weighted by molar-refractivity contribution is -0.0242. The van der Waals surface area contributed by atoms with E-state index in [-0.39, 0.29) is 28.1 Å². The first-order valence-electron chi connectivity index (χ1n) is 12.3. The minimum absolute atomic E-state index is 0.0873. The average Bonchev–Trinajstić information content (AvgIpc) is 3.24. The van der Waals surface area contributed by atoms with Gasteiger partial charge in [0.05, 0.1) is 16.7 Å². The highest BCUT2D eigenvalue weighted by molar-refractivity contribution is 6.23. The highest BCUT2D eigenvalue weighted by atomic mass is 16.5. The van der Waals surface area contributed by atoms with Crippen molar-refractivity contribution in [2.75, 3.05) is 0 Å². The summed E-state index contributed by atoms with van der Waals surface area (Å²) < 4.78 is 6.09. The summed E-state index contributed by atoms with van der Waals surface area (Å²) in [4.78, 5) is 13.4. The van der Waals surface area contributed by atoms with Crippen LogP contribution in [0.15, 0.2) is 42.5 Å². The summed E-state index contributed by atoms with van der Waals surface area (Å²) >= 11 is 0. The highest BCUT2D eigenvalue weighted by Crippen LogP contribution is 2.66. The van der Waals surface area contributed by atoms with Gasteiger partial charge >= 0.3 is 5.97 Å². The van der Waals surface area contributed by atoms with Crippen molar-refractivity contribution < 1.29 is 9.53 Å². The van der Waals surface area contributed by atoms with Gasteiger partial charge in [-0.15, -0.1) is 0 Å². The van der Waals surface area contributed by atoms with E-state index in [0.29, 0.717) is 44.2 Å². The maximum Gasteiger partial charge on any atom is 0.338 e. The lowest BCUT2D eigenvalue weighted by Crippen LogP contribution is -2.38. The van der Waals surface area contributed by atoms with Crippen LogP contribution < -0.4 is 0 Å². The molecule has 3 atom stereocenters. The Morgan fingerprint density at radius 2 is 1.49 bits per heavy atom. The van der Waals surface area contributed by atoms with E-state index >= 15 is 0 Å². The van der Waals surface area contributed by atoms with Gasteiger partial charge in [0.25, 0.3) is 0 Å². The highest BCUT2D eigenvalue weighted by Gasteiger charge is 2.62. The Bertz CT molecular complexity index is 1690. The Labute approximate surface area is 215 Å². The first-order valence-corrected chi connectivity index (χ1v) is 12.3. The third kappa shape index (κ3) is 3.35. The fourth-order valence-corrected chi connectivity index (χ4v) is 6.62. The molecule has 5 rings (SSSR count). The predicted molar refractivity (Wildman–Crippen MR) is 145 cm³/mol. The number of rotatable bonds is 4. The summed E-state index contributed by atoms with van der Waals surface area (Å²) in [5.41, 5.74) is 0.878. The van der Waals surface area contributed by atoms with Gasteiger partial charge in [-0.25, -0.2) is 16.5 Å². The second-order valence-corrected chi connectivity index (χ2v) is 10.8. The summed E-state index contributed by atoms with van der Waals surface area (Å²) in [6.45, 7) is 6.72. The van der Waals surface area contributed by atoms with E-state index in [2.05, 4.69) is 20.8 Å². The van der Waals surface area contributed by atoms with Crippen molar-refractivity contribution in [1.82, 2.24) is 0 Å². The van der Waals surface area contributed by atoms with Crippen molar-refractivity contribution in [3.05, 3.63) is 70.0 Å². The Hall–Kier alpha value is -4.47. The summed E-state index contributed by atoms with van der Waals surface area (Å²) in [7, 11) is 0. The lowest BCUT2D eigenvalue weighted by Gasteiger charge is -2.38. The molecule has 6 heteroatoms. The van der Waals surface area contributed by atoms with Gasteiger partial charge in [-0.3, -0.25) is 0 Å². The van der Waals surface area contributed by atoms with Crippen LogP contribution in [0.4, 0.5) is 0 Å². The molecule has 182 valence electrons. The van der Waals surface area contributed by atoms with Crippen LogP contribution in [-0.2, 0) is 4.74 Å². The number of esters is 1. The standard InChI is InChI=1S/C31H24N4O2/c1-30(2)21-10-11-31(30,3)26(13-21)37-29(36)18-8-9-24-25(12-18)28(20(16-34)17-35)23-7-5-4-6-22(23)27(24)19(14-32)15-33/h4-9,12,21,26H,10-11,13H2,1-3H3/q-2/t21?,26?,31-/m0/s1. The molecule has 0 saturated heterocycles. The number of nitrogens with zero attached hydrogens (tertiary/aromatic N) is 4. The van der Waals surface area contributed by atoms with E-state index in [1.165, 1.54) is 0 Å². The topological polar surface area (TPSA) is 118 Å². The van der Waals surface area contributed by atoms with Gasteiger partial charge in [-0.2, -0.15) is 10.5 Å². The van der Waals surface area contributed by atoms with Crippen molar-refractivity contribution in [3.8, 4) is 12.1 Å². The molecule has 2 unspecified atom stereocenters. The zero-order valence-electron chi connectivity index (χ0n) is 20.9. The molecule has 0 N–H and O–H groups in total. The fraction of sp³-hybridized carbons (Fsp3) is 0.323. The van der Waals surface area contributed by atoms with Crippen LogP contribution in [-0.4, -0.2) is 23.8 Å². The van der Waals surface area contributed by atoms with E-state index < -0.39 is 5.97 Å². The molecule has 2 bridgehead atoms. The number of allylic oxidation sites excluding steroid dienone is 2. The van der Waals surface area contributed by atoms with Gasteiger partial charge < -0.3 is 15.6 Å². The number of ether oxygens (including phenoxy) is 1. The van der Waals surface area contributed by atoms with Crippen molar-refractivity contribution >= 4 is 50.4 Å². The molecular weight excluding hydrogens is 460 g/mol. The summed E-state index contributed by atoms with van der Waals surface area (Å²) in [5, 5.41) is 41.0. The van der Waals surface area contributed by atoms with Crippen LogP contribution in [0.2, 0.25) is 0 Å². The van der Waals surface area contributed by atoms with Gasteiger partial charge in [-0.05, 0) is 64.3 Å². The van der Waals surface area contributed by atoms with Gasteiger partial charge in [0.1, 0.15) is 18.2 Å². The zero-order chi connectivity index (χ0) is 26.5. The number of hydrogen-bond acceptors (Lipinski definition) is 4. The Balaban J connectivity index is 1.72. The number of benzene rings is 3. The smallest absolute Gasteiger partial charge is 0.338 e. The lowest BCUT2D eigenvalue weighted by atomic mass is 9.70. The van der Waals surface area contributed by atoms with Crippen molar-refractivity contribution in [3.63, 3.8) is 0 Å². The molecule has 3 aromatic carbocycles. The molecule has 0 aromatic heterocycles. The SMILES string of the molecule is CC1(C)C2CC[C@@]1(C)C(OC(=O)c1ccc3c(C(=C=[N-])C#N)c4ccccc4c(C(=C=[N-])C#N)c3c1)C2. The third-order valence-electron chi connectivity index (χ3n) is 9.17. The second kappa shape index (κ2) is 8.58. The summed E-state index contributed by atoms with van der Waals surface area (Å²) in [6.07, 6.45) is 2.81. The largest absolute Gasteiger partial charge is 0.762 e. The minimum Gasteiger partial charge on any atom is -0.762 e. The molecule has 0 spiro atoms. The van der Waals surface area contributed by atoms with Gasteiger partial charge in [0.15, 0.2) is 0 Å². The molecule has 0 amide bonds. The molecule has 2 fully saturated rings. The molecular formula is C31H24N4O2-2. The van der Waals surface area contributed by atoms with Gasteiger partial charge in [0.2, 0.25) is 0 Å². The first-order chi connectivity index (χ1) is 17.7. The summed E-state index contributed by atoms with van der Waals surface area (Å²) in [6, 6.07) is 15.9. The Kier molecular flexibility index (Phi) is 5.62. The van der Waals surface area contributed by atoms with E-state index in [1.807, 2.05) is 23.9 Å². The monoisotopic (exact) mass is 484 g/mol. The molecule has 2 aliphatic carbocycles. The zero-order valence-corrected chi connectivity index (χ0v) is 20.9. The normalized spacial score (nSPS) is 23.1. The van der Waals surface area contributed by atoms with E-state index in [4.69, 9.17) is 4.74 Å². The quantitative estimate of drug-likeness (QED) is 0.178. The van der Waals surface area contributed by atoms with Crippen LogP contribution in [0.1, 0.15) is 61.5 Å². The van der Waals surface area contributed by atoms with E-state index in [1.54, 1.807) is 42.5 Å².